The lowest BCUT2D eigenvalue weighted by Crippen LogP contribution is -2.34. The Morgan fingerprint density at radius 2 is 1.88 bits per heavy atom. The second kappa shape index (κ2) is 11.9. The quantitative estimate of drug-likeness (QED) is 0.128. The van der Waals surface area contributed by atoms with E-state index in [-0.39, 0.29) is 34.6 Å². The van der Waals surface area contributed by atoms with E-state index in [1.165, 1.54) is 18.3 Å². The van der Waals surface area contributed by atoms with Crippen LogP contribution in [0.1, 0.15) is 56.2 Å². The van der Waals surface area contributed by atoms with Gasteiger partial charge in [-0.25, -0.2) is 9.67 Å². The number of hydrogen-bond acceptors (Lipinski definition) is 6. The van der Waals surface area contributed by atoms with E-state index in [4.69, 9.17) is 11.6 Å². The molecule has 0 atom stereocenters. The molecule has 1 N–H and O–H groups in total. The third-order valence-electron chi connectivity index (χ3n) is 6.77. The zero-order valence-electron chi connectivity index (χ0n) is 22.3. The maximum Gasteiger partial charge on any atom is 0.459 e. The Kier molecular flexibility index (Phi) is 8.57. The first kappa shape index (κ1) is 31.0. The molecule has 1 fully saturated rings. The molecule has 0 spiro atoms. The first-order valence-electron chi connectivity index (χ1n) is 12.9. The lowest BCUT2D eigenvalue weighted by molar-refractivity contribution is -0.291. The van der Waals surface area contributed by atoms with Gasteiger partial charge in [0.2, 0.25) is 0 Å². The number of aryl methyl sites for hydroxylation is 1. The number of pyridine rings is 1. The molecule has 0 saturated heterocycles. The smallest absolute Gasteiger partial charge is 0.352 e. The summed E-state index contributed by atoms with van der Waals surface area (Å²) in [5.41, 5.74) is 0.0607. The van der Waals surface area contributed by atoms with Crippen LogP contribution in [0.5, 0.6) is 0 Å². The van der Waals surface area contributed by atoms with Crippen molar-refractivity contribution in [2.75, 3.05) is 6.54 Å². The van der Waals surface area contributed by atoms with Gasteiger partial charge in [0.25, 0.3) is 5.91 Å². The predicted molar refractivity (Wildman–Crippen MR) is 152 cm³/mol. The number of carbonyl (C=O) groups is 2. The maximum atomic E-state index is 13.8. The second-order valence-corrected chi connectivity index (χ2v) is 11.7. The minimum absolute atomic E-state index is 0.00844. The minimum Gasteiger partial charge on any atom is -0.352 e. The maximum absolute atomic E-state index is 13.8. The van der Waals surface area contributed by atoms with Crippen LogP contribution < -0.4 is 5.32 Å². The van der Waals surface area contributed by atoms with E-state index in [2.05, 4.69) is 48.2 Å². The summed E-state index contributed by atoms with van der Waals surface area (Å²) in [7, 11) is 0. The number of Topliss-reactive ketones (excluding diaryl/α,β-unsaturated/α-hetero) is 1. The monoisotopic (exact) mass is 733 g/mol. The molecular weight excluding hydrogens is 712 g/mol. The molecule has 5 rings (SSSR count). The molecule has 0 unspecified atom stereocenters. The van der Waals surface area contributed by atoms with Crippen molar-refractivity contribution in [3.63, 3.8) is 0 Å². The van der Waals surface area contributed by atoms with E-state index in [1.54, 1.807) is 19.1 Å². The molecule has 226 valence electrons. The lowest BCUT2D eigenvalue weighted by Gasteiger charge is -2.16. The second-order valence-electron chi connectivity index (χ2n) is 10.1. The van der Waals surface area contributed by atoms with Gasteiger partial charge < -0.3 is 5.32 Å². The van der Waals surface area contributed by atoms with E-state index in [9.17, 15) is 31.5 Å². The Morgan fingerprint density at radius 3 is 2.56 bits per heavy atom. The summed E-state index contributed by atoms with van der Waals surface area (Å²) < 4.78 is 67.8. The van der Waals surface area contributed by atoms with Gasteiger partial charge in [0.15, 0.2) is 17.3 Å². The van der Waals surface area contributed by atoms with Crippen LogP contribution in [0.4, 0.5) is 22.0 Å². The predicted octanol–water partition coefficient (Wildman–Crippen LogP) is 5.69. The van der Waals surface area contributed by atoms with Gasteiger partial charge in [-0.3, -0.25) is 9.59 Å². The number of alkyl halides is 5. The Hall–Kier alpha value is -3.47. The molecule has 9 nitrogen and oxygen atoms in total. The van der Waals surface area contributed by atoms with Crippen molar-refractivity contribution < 1.29 is 31.5 Å². The number of amides is 1. The fourth-order valence-electron chi connectivity index (χ4n) is 4.32. The number of halogens is 7. The standard InChI is InChI=1S/C27H22ClF5IN7O2/c1-14-7-16(34)8-19(25(43)36-11-15-4-5-15)18(14)10-22(42)21-9-17(38-41(21)24-20(28)3-2-6-35-24)13-40-37-12-23(39-40)26(29,30)27(31,32)33/h2-3,6-9,12,15H,4-5,10-11,13H2,1H3,(H,36,43). The summed E-state index contributed by atoms with van der Waals surface area (Å²) in [6, 6.07) is 7.96. The number of carbonyl (C=O) groups excluding carboxylic acids is 2. The van der Waals surface area contributed by atoms with Crippen LogP contribution in [-0.4, -0.2) is 54.2 Å². The highest BCUT2D eigenvalue weighted by atomic mass is 127. The Morgan fingerprint density at radius 1 is 1.14 bits per heavy atom. The topological polar surface area (TPSA) is 108 Å². The van der Waals surface area contributed by atoms with E-state index >= 15 is 0 Å². The van der Waals surface area contributed by atoms with Crippen molar-refractivity contribution in [1.29, 1.82) is 0 Å². The molecule has 0 radical (unpaired) electrons. The SMILES string of the molecule is Cc1cc(I)cc(C(=O)NCC2CC2)c1CC(=O)c1cc(Cn2ncc(C(F)(F)C(F)(F)F)n2)nn1-c1ncccc1Cl. The van der Waals surface area contributed by atoms with Crippen LogP contribution >= 0.6 is 34.2 Å². The largest absolute Gasteiger partial charge is 0.459 e. The molecule has 1 aromatic carbocycles. The summed E-state index contributed by atoms with van der Waals surface area (Å²) in [4.78, 5) is 31.7. The number of aromatic nitrogens is 6. The molecule has 16 heteroatoms. The highest BCUT2D eigenvalue weighted by Gasteiger charge is 2.60. The first-order chi connectivity index (χ1) is 20.2. The number of hydrogen-bond donors (Lipinski definition) is 1. The van der Waals surface area contributed by atoms with Crippen molar-refractivity contribution in [1.82, 2.24) is 35.1 Å². The van der Waals surface area contributed by atoms with E-state index in [0.717, 1.165) is 26.7 Å². The van der Waals surface area contributed by atoms with Crippen molar-refractivity contribution >= 4 is 45.9 Å². The van der Waals surface area contributed by atoms with E-state index in [1.807, 2.05) is 6.07 Å². The van der Waals surface area contributed by atoms with Gasteiger partial charge in [0.05, 0.1) is 16.9 Å². The van der Waals surface area contributed by atoms with Crippen LogP contribution in [0.15, 0.2) is 42.7 Å². The Balaban J connectivity index is 1.48. The molecule has 3 heterocycles. The van der Waals surface area contributed by atoms with Crippen molar-refractivity contribution in [2.45, 2.75) is 44.8 Å². The van der Waals surface area contributed by atoms with E-state index in [0.29, 0.717) is 34.6 Å². The van der Waals surface area contributed by atoms with Gasteiger partial charge >= 0.3 is 12.1 Å². The summed E-state index contributed by atoms with van der Waals surface area (Å²) in [5.74, 6) is -5.44. The van der Waals surface area contributed by atoms with Crippen LogP contribution in [0, 0.1) is 16.4 Å². The minimum atomic E-state index is -5.86. The zero-order valence-corrected chi connectivity index (χ0v) is 25.2. The Labute approximate surface area is 259 Å². The molecule has 0 aliphatic heterocycles. The number of nitrogens with one attached hydrogen (secondary N) is 1. The first-order valence-corrected chi connectivity index (χ1v) is 14.4. The number of benzene rings is 1. The van der Waals surface area contributed by atoms with Crippen molar-refractivity contribution in [3.8, 4) is 5.82 Å². The summed E-state index contributed by atoms with van der Waals surface area (Å²) in [6.07, 6.45) is -2.21. The number of ketones is 1. The fourth-order valence-corrected chi connectivity index (χ4v) is 5.30. The number of nitrogens with zero attached hydrogens (tertiary/aromatic N) is 6. The highest BCUT2D eigenvalue weighted by Crippen LogP contribution is 2.42. The third kappa shape index (κ3) is 6.71. The van der Waals surface area contributed by atoms with Gasteiger partial charge in [-0.2, -0.15) is 42.0 Å². The van der Waals surface area contributed by atoms with Gasteiger partial charge in [-0.05, 0) is 89.7 Å². The van der Waals surface area contributed by atoms with Crippen LogP contribution in [0.2, 0.25) is 5.02 Å². The molecule has 1 amide bonds. The normalized spacial score (nSPS) is 13.8. The molecular formula is C27H22ClF5IN7O2. The lowest BCUT2D eigenvalue weighted by atomic mass is 9.95. The van der Waals surface area contributed by atoms with Crippen molar-refractivity contribution in [2.24, 2.45) is 5.92 Å². The zero-order chi connectivity index (χ0) is 31.1. The van der Waals surface area contributed by atoms with Gasteiger partial charge in [0, 0.05) is 28.3 Å². The third-order valence-corrected chi connectivity index (χ3v) is 7.69. The average Bonchev–Trinajstić information content (AvgIpc) is 3.48. The Bertz CT molecular complexity index is 1700. The van der Waals surface area contributed by atoms with Crippen LogP contribution in [0.3, 0.4) is 0 Å². The molecule has 0 bridgehead atoms. The molecule has 3 aromatic heterocycles. The molecule has 4 aromatic rings. The number of rotatable bonds is 10. The summed E-state index contributed by atoms with van der Waals surface area (Å²) >= 11 is 8.42. The molecule has 1 saturated carbocycles. The fraction of sp³-hybridized carbons (Fsp3) is 0.333. The molecule has 43 heavy (non-hydrogen) atoms. The van der Waals surface area contributed by atoms with Crippen LogP contribution in [0.25, 0.3) is 5.82 Å². The average molecular weight is 734 g/mol. The highest BCUT2D eigenvalue weighted by molar-refractivity contribution is 14.1. The van der Waals surface area contributed by atoms with Crippen molar-refractivity contribution in [3.05, 3.63) is 85.1 Å². The van der Waals surface area contributed by atoms with Gasteiger partial charge in [-0.1, -0.05) is 11.6 Å². The van der Waals surface area contributed by atoms with E-state index < -0.39 is 30.1 Å². The molecule has 1 aliphatic carbocycles. The summed E-state index contributed by atoms with van der Waals surface area (Å²) in [6.45, 7) is 1.89. The summed E-state index contributed by atoms with van der Waals surface area (Å²) in [5, 5.41) is 14.2. The molecule has 1 aliphatic rings. The van der Waals surface area contributed by atoms with Gasteiger partial charge in [0.1, 0.15) is 12.2 Å². The van der Waals surface area contributed by atoms with Crippen LogP contribution in [-0.2, 0) is 18.9 Å². The van der Waals surface area contributed by atoms with Gasteiger partial charge in [-0.15, -0.1) is 0 Å².